The molecule has 1 saturated heterocycles. The van der Waals surface area contributed by atoms with Gasteiger partial charge < -0.3 is 15.0 Å². The van der Waals surface area contributed by atoms with Crippen LogP contribution in [0.5, 0.6) is 5.75 Å². The van der Waals surface area contributed by atoms with E-state index >= 15 is 0 Å². The average molecular weight is 248 g/mol. The summed E-state index contributed by atoms with van der Waals surface area (Å²) in [5, 5.41) is 2.58. The number of ether oxygens (including phenoxy) is 1. The first kappa shape index (κ1) is 12.4. The number of nitrogens with zero attached hydrogens (tertiary/aromatic N) is 1. The first-order valence-corrected chi connectivity index (χ1v) is 5.81. The van der Waals surface area contributed by atoms with Gasteiger partial charge >= 0.3 is 0 Å². The van der Waals surface area contributed by atoms with E-state index in [0.717, 1.165) is 5.69 Å². The topological polar surface area (TPSA) is 58.6 Å². The molecule has 1 aromatic carbocycles. The van der Waals surface area contributed by atoms with E-state index < -0.39 is 0 Å². The van der Waals surface area contributed by atoms with Crippen LogP contribution in [0.4, 0.5) is 5.69 Å². The van der Waals surface area contributed by atoms with Crippen molar-refractivity contribution in [2.75, 3.05) is 25.6 Å². The van der Waals surface area contributed by atoms with Crippen LogP contribution < -0.4 is 15.0 Å². The molecule has 96 valence electrons. The molecule has 5 nitrogen and oxygen atoms in total. The van der Waals surface area contributed by atoms with Gasteiger partial charge in [0.05, 0.1) is 13.0 Å². The monoisotopic (exact) mass is 248 g/mol. The smallest absolute Gasteiger partial charge is 0.227 e. The van der Waals surface area contributed by atoms with Gasteiger partial charge in [-0.2, -0.15) is 0 Å². The Morgan fingerprint density at radius 1 is 1.50 bits per heavy atom. The molecule has 2 amide bonds. The van der Waals surface area contributed by atoms with E-state index in [0.29, 0.717) is 12.3 Å². The second kappa shape index (κ2) is 5.08. The van der Waals surface area contributed by atoms with Crippen LogP contribution in [0.3, 0.4) is 0 Å². The fourth-order valence-electron chi connectivity index (χ4n) is 2.12. The Kier molecular flexibility index (Phi) is 3.50. The zero-order valence-corrected chi connectivity index (χ0v) is 10.5. The van der Waals surface area contributed by atoms with Gasteiger partial charge in [-0.15, -0.1) is 0 Å². The van der Waals surface area contributed by atoms with Crippen LogP contribution in [0, 0.1) is 5.92 Å². The second-order valence-corrected chi connectivity index (χ2v) is 4.22. The van der Waals surface area contributed by atoms with Gasteiger partial charge in [0, 0.05) is 31.8 Å². The lowest BCUT2D eigenvalue weighted by Gasteiger charge is -2.17. The average Bonchev–Trinajstić information content (AvgIpc) is 2.80. The van der Waals surface area contributed by atoms with Gasteiger partial charge in [-0.1, -0.05) is 6.07 Å². The molecule has 0 aliphatic carbocycles. The van der Waals surface area contributed by atoms with Gasteiger partial charge in [0.25, 0.3) is 0 Å². The van der Waals surface area contributed by atoms with Crippen molar-refractivity contribution in [2.45, 2.75) is 6.42 Å². The number of amides is 2. The molecule has 0 radical (unpaired) electrons. The molecule has 0 saturated carbocycles. The van der Waals surface area contributed by atoms with E-state index in [-0.39, 0.29) is 24.2 Å². The summed E-state index contributed by atoms with van der Waals surface area (Å²) in [6, 6.07) is 7.28. The Hall–Kier alpha value is -2.04. The summed E-state index contributed by atoms with van der Waals surface area (Å²) in [7, 11) is 3.17. The van der Waals surface area contributed by atoms with Crippen LogP contribution in [0.2, 0.25) is 0 Å². The number of carbonyl (C=O) groups excluding carboxylic acids is 2. The highest BCUT2D eigenvalue weighted by Crippen LogP contribution is 2.27. The molecular formula is C13H16N2O3. The standard InChI is InChI=1S/C13H16N2O3/c1-14-13(17)9-6-12(16)15(8-9)10-4-3-5-11(7-10)18-2/h3-5,7,9H,6,8H2,1-2H3,(H,14,17)/t9-/m1/s1. The van der Waals surface area contributed by atoms with Crippen LogP contribution in [0.1, 0.15) is 6.42 Å². The van der Waals surface area contributed by atoms with Crippen LogP contribution >= 0.6 is 0 Å². The van der Waals surface area contributed by atoms with Crippen LogP contribution in [0.25, 0.3) is 0 Å². The summed E-state index contributed by atoms with van der Waals surface area (Å²) in [5.74, 6) is 0.308. The number of methoxy groups -OCH3 is 1. The maximum absolute atomic E-state index is 11.9. The summed E-state index contributed by atoms with van der Waals surface area (Å²) < 4.78 is 5.13. The first-order valence-electron chi connectivity index (χ1n) is 5.81. The predicted molar refractivity (Wildman–Crippen MR) is 67.5 cm³/mol. The molecular weight excluding hydrogens is 232 g/mol. The molecule has 1 heterocycles. The summed E-state index contributed by atoms with van der Waals surface area (Å²) >= 11 is 0. The van der Waals surface area contributed by atoms with Crippen molar-refractivity contribution in [3.05, 3.63) is 24.3 Å². The Morgan fingerprint density at radius 2 is 2.28 bits per heavy atom. The Bertz CT molecular complexity index is 473. The van der Waals surface area contributed by atoms with E-state index in [1.165, 1.54) is 0 Å². The van der Waals surface area contributed by atoms with Gasteiger partial charge in [-0.05, 0) is 12.1 Å². The minimum absolute atomic E-state index is 0.0307. The van der Waals surface area contributed by atoms with Crippen molar-refractivity contribution >= 4 is 17.5 Å². The van der Waals surface area contributed by atoms with Gasteiger partial charge in [-0.25, -0.2) is 0 Å². The molecule has 1 aliphatic heterocycles. The summed E-state index contributed by atoms with van der Waals surface area (Å²) in [5.41, 5.74) is 0.769. The minimum Gasteiger partial charge on any atom is -0.497 e. The molecule has 2 rings (SSSR count). The molecule has 0 unspecified atom stereocenters. The van der Waals surface area contributed by atoms with Crippen LogP contribution in [0.15, 0.2) is 24.3 Å². The van der Waals surface area contributed by atoms with Crippen LogP contribution in [-0.4, -0.2) is 32.5 Å². The molecule has 0 bridgehead atoms. The maximum Gasteiger partial charge on any atom is 0.227 e. The number of nitrogens with one attached hydrogen (secondary N) is 1. The highest BCUT2D eigenvalue weighted by molar-refractivity contribution is 6.00. The van der Waals surface area contributed by atoms with Gasteiger partial charge in [0.2, 0.25) is 11.8 Å². The summed E-state index contributed by atoms with van der Waals surface area (Å²) in [6.07, 6.45) is 0.261. The molecule has 1 aromatic rings. The number of rotatable bonds is 3. The highest BCUT2D eigenvalue weighted by atomic mass is 16.5. The molecule has 1 aliphatic rings. The van der Waals surface area contributed by atoms with Crippen LogP contribution in [-0.2, 0) is 9.59 Å². The molecule has 18 heavy (non-hydrogen) atoms. The van der Waals surface area contributed by atoms with Crippen molar-refractivity contribution in [3.63, 3.8) is 0 Å². The lowest BCUT2D eigenvalue weighted by Crippen LogP contribution is -2.30. The largest absolute Gasteiger partial charge is 0.497 e. The van der Waals surface area contributed by atoms with Gasteiger partial charge in [-0.3, -0.25) is 9.59 Å². The molecule has 1 N–H and O–H groups in total. The number of hydrogen-bond donors (Lipinski definition) is 1. The van der Waals surface area contributed by atoms with Gasteiger partial charge in [0.1, 0.15) is 5.75 Å². The molecule has 0 spiro atoms. The molecule has 0 aromatic heterocycles. The number of benzene rings is 1. The second-order valence-electron chi connectivity index (χ2n) is 4.22. The highest BCUT2D eigenvalue weighted by Gasteiger charge is 2.34. The van der Waals surface area contributed by atoms with Crippen molar-refractivity contribution in [1.82, 2.24) is 5.32 Å². The van der Waals surface area contributed by atoms with Gasteiger partial charge in [0.15, 0.2) is 0 Å². The Labute approximate surface area is 106 Å². The first-order chi connectivity index (χ1) is 8.65. The zero-order valence-electron chi connectivity index (χ0n) is 10.5. The molecule has 1 fully saturated rings. The van der Waals surface area contributed by atoms with Crippen molar-refractivity contribution in [2.24, 2.45) is 5.92 Å². The number of carbonyl (C=O) groups is 2. The van der Waals surface area contributed by atoms with E-state index in [1.807, 2.05) is 18.2 Å². The zero-order chi connectivity index (χ0) is 13.1. The fourth-order valence-corrected chi connectivity index (χ4v) is 2.12. The number of anilines is 1. The number of hydrogen-bond acceptors (Lipinski definition) is 3. The third-order valence-electron chi connectivity index (χ3n) is 3.11. The van der Waals surface area contributed by atoms with E-state index in [9.17, 15) is 9.59 Å². The summed E-state index contributed by atoms with van der Waals surface area (Å²) in [6.45, 7) is 0.422. The quantitative estimate of drug-likeness (QED) is 0.860. The van der Waals surface area contributed by atoms with E-state index in [2.05, 4.69) is 5.32 Å². The van der Waals surface area contributed by atoms with E-state index in [1.54, 1.807) is 25.1 Å². The normalized spacial score (nSPS) is 18.9. The third-order valence-corrected chi connectivity index (χ3v) is 3.11. The third kappa shape index (κ3) is 2.30. The Morgan fingerprint density at radius 3 is 2.94 bits per heavy atom. The molecule has 1 atom stereocenters. The van der Waals surface area contributed by atoms with Crippen molar-refractivity contribution in [1.29, 1.82) is 0 Å². The predicted octanol–water partition coefficient (Wildman–Crippen LogP) is 0.794. The molecule has 5 heteroatoms. The summed E-state index contributed by atoms with van der Waals surface area (Å²) in [4.78, 5) is 25.1. The minimum atomic E-state index is -0.270. The lowest BCUT2D eigenvalue weighted by molar-refractivity contribution is -0.125. The SMILES string of the molecule is CNC(=O)[C@@H]1CC(=O)N(c2cccc(OC)c2)C1. The van der Waals surface area contributed by atoms with Crippen molar-refractivity contribution < 1.29 is 14.3 Å². The van der Waals surface area contributed by atoms with Crippen molar-refractivity contribution in [3.8, 4) is 5.75 Å². The Balaban J connectivity index is 2.18. The van der Waals surface area contributed by atoms with E-state index in [4.69, 9.17) is 4.74 Å². The fraction of sp³-hybridized carbons (Fsp3) is 0.385. The maximum atomic E-state index is 11.9. The lowest BCUT2D eigenvalue weighted by atomic mass is 10.1.